The van der Waals surface area contributed by atoms with Crippen molar-refractivity contribution >= 4 is 44.1 Å². The van der Waals surface area contributed by atoms with Crippen molar-refractivity contribution in [3.8, 4) is 11.5 Å². The first-order valence-electron chi connectivity index (χ1n) is 7.98. The van der Waals surface area contributed by atoms with Crippen molar-refractivity contribution in [2.75, 3.05) is 20.5 Å². The zero-order valence-electron chi connectivity index (χ0n) is 15.4. The lowest BCUT2D eigenvalue weighted by atomic mass is 10.0. The lowest BCUT2D eigenvalue weighted by Gasteiger charge is -2.13. The van der Waals surface area contributed by atoms with Crippen molar-refractivity contribution in [3.63, 3.8) is 0 Å². The van der Waals surface area contributed by atoms with E-state index in [9.17, 15) is 8.42 Å². The van der Waals surface area contributed by atoms with E-state index < -0.39 is 10.1 Å². The minimum absolute atomic E-state index is 0.596. The second kappa shape index (κ2) is 9.43. The molecule has 0 saturated heterocycles. The largest absolute Gasteiger partial charge is 0.493 e. The summed E-state index contributed by atoms with van der Waals surface area (Å²) >= 11 is 12.6. The number of pyridine rings is 1. The van der Waals surface area contributed by atoms with Gasteiger partial charge in [-0.1, -0.05) is 29.3 Å². The third kappa shape index (κ3) is 5.97. The quantitative estimate of drug-likeness (QED) is 0.590. The molecule has 0 aliphatic carbocycles. The molecule has 0 atom stereocenters. The van der Waals surface area contributed by atoms with Crippen LogP contribution in [-0.2, 0) is 16.5 Å². The molecule has 28 heavy (non-hydrogen) atoms. The Morgan fingerprint density at radius 1 is 1.04 bits per heavy atom. The molecular weight excluding hydrogens is 425 g/mol. The fourth-order valence-electron chi connectivity index (χ4n) is 2.59. The summed E-state index contributed by atoms with van der Waals surface area (Å²) in [4.78, 5) is 4.32. The van der Waals surface area contributed by atoms with Crippen LogP contribution in [0.2, 0.25) is 10.0 Å². The molecule has 6 nitrogen and oxygen atoms in total. The van der Waals surface area contributed by atoms with Crippen LogP contribution in [0.15, 0.2) is 42.7 Å². The Hall–Kier alpha value is -2.06. The Morgan fingerprint density at radius 3 is 2.11 bits per heavy atom. The minimum atomic E-state index is -3.67. The number of halogens is 2. The van der Waals surface area contributed by atoms with Crippen LogP contribution in [0.5, 0.6) is 11.5 Å². The van der Waals surface area contributed by atoms with Crippen molar-refractivity contribution in [2.45, 2.75) is 6.42 Å². The predicted molar refractivity (Wildman–Crippen MR) is 112 cm³/mol. The van der Waals surface area contributed by atoms with E-state index in [0.717, 1.165) is 21.9 Å². The molecule has 0 amide bonds. The van der Waals surface area contributed by atoms with Gasteiger partial charge in [-0.05, 0) is 40.8 Å². The van der Waals surface area contributed by atoms with Gasteiger partial charge in [-0.25, -0.2) is 0 Å². The van der Waals surface area contributed by atoms with Crippen molar-refractivity contribution < 1.29 is 22.4 Å². The molecule has 3 aromatic rings. The van der Waals surface area contributed by atoms with Crippen LogP contribution in [-0.4, -0.2) is 38.4 Å². The number of rotatable bonds is 4. The van der Waals surface area contributed by atoms with Gasteiger partial charge in [0.05, 0.1) is 20.5 Å². The Balaban J connectivity index is 0.000000500. The number of ether oxygens (including phenoxy) is 2. The molecular formula is C19H19Cl2NO5S. The van der Waals surface area contributed by atoms with Crippen molar-refractivity contribution in [2.24, 2.45) is 0 Å². The zero-order valence-corrected chi connectivity index (χ0v) is 17.8. The minimum Gasteiger partial charge on any atom is -0.493 e. The zero-order chi connectivity index (χ0) is 20.9. The first-order chi connectivity index (χ1) is 13.1. The molecule has 1 N–H and O–H groups in total. The van der Waals surface area contributed by atoms with Crippen LogP contribution in [0.25, 0.3) is 10.8 Å². The van der Waals surface area contributed by atoms with E-state index in [0.29, 0.717) is 34.2 Å². The second-order valence-corrected chi connectivity index (χ2v) is 8.12. The number of fused-ring (bicyclic) bond motifs is 1. The van der Waals surface area contributed by atoms with Crippen LogP contribution >= 0.6 is 23.2 Å². The second-order valence-electron chi connectivity index (χ2n) is 5.84. The topological polar surface area (TPSA) is 85.7 Å². The molecule has 1 heterocycles. The van der Waals surface area contributed by atoms with Crippen molar-refractivity contribution in [3.05, 3.63) is 63.9 Å². The van der Waals surface area contributed by atoms with E-state index in [4.69, 9.17) is 37.2 Å². The summed E-state index contributed by atoms with van der Waals surface area (Å²) in [7, 11) is -0.431. The average molecular weight is 444 g/mol. The van der Waals surface area contributed by atoms with Crippen LogP contribution in [0.4, 0.5) is 0 Å². The van der Waals surface area contributed by atoms with Gasteiger partial charge in [0, 0.05) is 34.2 Å². The van der Waals surface area contributed by atoms with Gasteiger partial charge in [-0.3, -0.25) is 9.54 Å². The molecule has 0 bridgehead atoms. The molecule has 0 radical (unpaired) electrons. The molecule has 0 spiro atoms. The lowest BCUT2D eigenvalue weighted by molar-refractivity contribution is 0.356. The van der Waals surface area contributed by atoms with E-state index in [1.54, 1.807) is 20.4 Å². The van der Waals surface area contributed by atoms with Crippen LogP contribution in [0.1, 0.15) is 11.1 Å². The van der Waals surface area contributed by atoms with Gasteiger partial charge < -0.3 is 9.47 Å². The maximum absolute atomic E-state index is 9.19. The number of hydrogen-bond donors (Lipinski definition) is 1. The fraction of sp³-hybridized carbons (Fsp3) is 0.211. The molecule has 0 fully saturated rings. The highest BCUT2D eigenvalue weighted by molar-refractivity contribution is 7.85. The van der Waals surface area contributed by atoms with Gasteiger partial charge in [0.15, 0.2) is 11.5 Å². The summed E-state index contributed by atoms with van der Waals surface area (Å²) in [5.41, 5.74) is 1.92. The molecule has 9 heteroatoms. The SMILES string of the molecule is COc1cc2cncc(Cc3c(Cl)cccc3Cl)c2cc1OC.CS(=O)(=O)O. The molecule has 3 rings (SSSR count). The molecule has 0 aliphatic heterocycles. The van der Waals surface area contributed by atoms with Gasteiger partial charge in [-0.2, -0.15) is 8.42 Å². The summed E-state index contributed by atoms with van der Waals surface area (Å²) in [6.45, 7) is 0. The van der Waals surface area contributed by atoms with E-state index in [1.165, 1.54) is 0 Å². The van der Waals surface area contributed by atoms with E-state index in [2.05, 4.69) is 4.98 Å². The highest BCUT2D eigenvalue weighted by atomic mass is 35.5. The summed E-state index contributed by atoms with van der Waals surface area (Å²) in [5, 5.41) is 3.31. The fourth-order valence-corrected chi connectivity index (χ4v) is 3.12. The Labute approximate surface area is 173 Å². The smallest absolute Gasteiger partial charge is 0.261 e. The van der Waals surface area contributed by atoms with Crippen LogP contribution in [0.3, 0.4) is 0 Å². The number of nitrogens with zero attached hydrogens (tertiary/aromatic N) is 1. The number of hydrogen-bond acceptors (Lipinski definition) is 5. The van der Waals surface area contributed by atoms with Crippen molar-refractivity contribution in [1.82, 2.24) is 4.98 Å². The Morgan fingerprint density at radius 2 is 1.57 bits per heavy atom. The van der Waals surface area contributed by atoms with Gasteiger partial charge in [0.2, 0.25) is 0 Å². The highest BCUT2D eigenvalue weighted by Crippen LogP contribution is 2.35. The van der Waals surface area contributed by atoms with Gasteiger partial charge in [0.25, 0.3) is 10.1 Å². The Kier molecular flexibility index (Phi) is 7.48. The molecule has 150 valence electrons. The maximum atomic E-state index is 9.19. The van der Waals surface area contributed by atoms with Gasteiger partial charge in [-0.15, -0.1) is 0 Å². The molecule has 2 aromatic carbocycles. The monoisotopic (exact) mass is 443 g/mol. The number of methoxy groups -OCH3 is 2. The molecule has 0 aliphatic rings. The van der Waals surface area contributed by atoms with E-state index in [1.807, 2.05) is 36.5 Å². The summed E-state index contributed by atoms with van der Waals surface area (Å²) in [6, 6.07) is 9.38. The predicted octanol–water partition coefficient (Wildman–Crippen LogP) is 4.65. The average Bonchev–Trinajstić information content (AvgIpc) is 2.62. The van der Waals surface area contributed by atoms with Crippen LogP contribution < -0.4 is 9.47 Å². The first-order valence-corrected chi connectivity index (χ1v) is 10.6. The summed E-state index contributed by atoms with van der Waals surface area (Å²) < 4.78 is 36.6. The normalized spacial score (nSPS) is 10.9. The maximum Gasteiger partial charge on any atom is 0.261 e. The third-order valence-electron chi connectivity index (χ3n) is 3.77. The van der Waals surface area contributed by atoms with Crippen molar-refractivity contribution in [1.29, 1.82) is 0 Å². The number of aromatic nitrogens is 1. The first kappa shape index (κ1) is 22.2. The third-order valence-corrected chi connectivity index (χ3v) is 4.48. The summed E-state index contributed by atoms with van der Waals surface area (Å²) in [5.74, 6) is 1.35. The van der Waals surface area contributed by atoms with Gasteiger partial charge >= 0.3 is 0 Å². The van der Waals surface area contributed by atoms with E-state index in [-0.39, 0.29) is 0 Å². The van der Waals surface area contributed by atoms with Crippen LogP contribution in [0, 0.1) is 0 Å². The standard InChI is InChI=1S/C18H15Cl2NO2.CH4O3S/c1-22-17-7-12-10-21-9-11(13(12)8-18(17)23-2)6-14-15(19)4-3-5-16(14)20;1-5(2,3)4/h3-5,7-10H,6H2,1-2H3;1H3,(H,2,3,4). The molecule has 0 saturated carbocycles. The molecule has 0 unspecified atom stereocenters. The lowest BCUT2D eigenvalue weighted by Crippen LogP contribution is -1.96. The Bertz CT molecular complexity index is 1060. The van der Waals surface area contributed by atoms with Gasteiger partial charge in [0.1, 0.15) is 0 Å². The highest BCUT2D eigenvalue weighted by Gasteiger charge is 2.12. The number of benzene rings is 2. The van der Waals surface area contributed by atoms with E-state index >= 15 is 0 Å². The summed E-state index contributed by atoms with van der Waals surface area (Å²) in [6.07, 6.45) is 4.94. The molecule has 1 aromatic heterocycles.